The molecule has 1 nitrogen and oxygen atoms in total. The molecule has 1 heteroatoms. The summed E-state index contributed by atoms with van der Waals surface area (Å²) in [6, 6.07) is 0. The predicted molar refractivity (Wildman–Crippen MR) is 72.5 cm³/mol. The second-order valence-corrected chi connectivity index (χ2v) is 5.42. The summed E-state index contributed by atoms with van der Waals surface area (Å²) in [5.41, 5.74) is 0.724. The van der Waals surface area contributed by atoms with Crippen LogP contribution in [-0.2, 0) is 0 Å². The Labute approximate surface area is 101 Å². The van der Waals surface area contributed by atoms with E-state index in [1.54, 1.807) is 6.08 Å². The van der Waals surface area contributed by atoms with Crippen molar-refractivity contribution in [3.63, 3.8) is 0 Å². The van der Waals surface area contributed by atoms with Gasteiger partial charge in [-0.05, 0) is 46.0 Å². The minimum Gasteiger partial charge on any atom is -0.386 e. The highest BCUT2D eigenvalue weighted by atomic mass is 16.3. The smallest absolute Gasteiger partial charge is 0.0797 e. The van der Waals surface area contributed by atoms with Gasteiger partial charge in [0, 0.05) is 0 Å². The molecule has 0 aromatic carbocycles. The molecule has 0 aliphatic carbocycles. The second-order valence-electron chi connectivity index (χ2n) is 5.42. The van der Waals surface area contributed by atoms with Crippen molar-refractivity contribution in [2.75, 3.05) is 0 Å². The van der Waals surface area contributed by atoms with Gasteiger partial charge in [-0.3, -0.25) is 0 Å². The molecule has 94 valence electrons. The van der Waals surface area contributed by atoms with E-state index in [4.69, 9.17) is 0 Å². The van der Waals surface area contributed by atoms with Crippen LogP contribution >= 0.6 is 0 Å². The maximum atomic E-state index is 9.76. The first-order valence-corrected chi connectivity index (χ1v) is 6.36. The van der Waals surface area contributed by atoms with Crippen molar-refractivity contribution in [1.82, 2.24) is 0 Å². The highest BCUT2D eigenvalue weighted by molar-refractivity contribution is 4.93. The lowest BCUT2D eigenvalue weighted by Crippen LogP contribution is -2.20. The van der Waals surface area contributed by atoms with Crippen LogP contribution in [0.25, 0.3) is 0 Å². The minimum atomic E-state index is -0.681. The van der Waals surface area contributed by atoms with E-state index in [9.17, 15) is 5.11 Å². The van der Waals surface area contributed by atoms with E-state index in [0.717, 1.165) is 18.8 Å². The molecule has 0 bridgehead atoms. The molecule has 0 radical (unpaired) electrons. The monoisotopic (exact) mass is 224 g/mol. The summed E-state index contributed by atoms with van der Waals surface area (Å²) in [5.74, 6) is 0.746. The SMILES string of the molecule is C=CC(C)(O)CCCC(C)CCC=C(C)C. The van der Waals surface area contributed by atoms with Crippen LogP contribution < -0.4 is 0 Å². The third-order valence-corrected chi connectivity index (χ3v) is 3.03. The highest BCUT2D eigenvalue weighted by Gasteiger charge is 2.14. The molecule has 0 fully saturated rings. The Hall–Kier alpha value is -0.560. The summed E-state index contributed by atoms with van der Waals surface area (Å²) in [7, 11) is 0. The van der Waals surface area contributed by atoms with Gasteiger partial charge in [-0.2, -0.15) is 0 Å². The van der Waals surface area contributed by atoms with Crippen LogP contribution in [-0.4, -0.2) is 10.7 Å². The molecule has 0 saturated heterocycles. The molecule has 0 spiro atoms. The molecule has 0 aliphatic rings. The molecule has 16 heavy (non-hydrogen) atoms. The summed E-state index contributed by atoms with van der Waals surface area (Å²) in [5, 5.41) is 9.76. The normalized spacial score (nSPS) is 16.3. The average molecular weight is 224 g/mol. The minimum absolute atomic E-state index is 0.681. The van der Waals surface area contributed by atoms with Crippen molar-refractivity contribution in [3.8, 4) is 0 Å². The van der Waals surface area contributed by atoms with E-state index in [0.29, 0.717) is 0 Å². The Kier molecular flexibility index (Phi) is 7.40. The third-order valence-electron chi connectivity index (χ3n) is 3.03. The molecule has 0 rings (SSSR count). The van der Waals surface area contributed by atoms with E-state index >= 15 is 0 Å². The molecule has 0 heterocycles. The molecule has 0 aromatic heterocycles. The van der Waals surface area contributed by atoms with Crippen LogP contribution in [0.15, 0.2) is 24.3 Å². The molecule has 0 aromatic rings. The molecule has 0 aliphatic heterocycles. The Morgan fingerprint density at radius 2 is 2.00 bits per heavy atom. The van der Waals surface area contributed by atoms with Crippen molar-refractivity contribution in [3.05, 3.63) is 24.3 Å². The summed E-state index contributed by atoms with van der Waals surface area (Å²) >= 11 is 0. The first-order valence-electron chi connectivity index (χ1n) is 6.36. The van der Waals surface area contributed by atoms with Crippen LogP contribution in [0.4, 0.5) is 0 Å². The van der Waals surface area contributed by atoms with E-state index in [1.807, 2.05) is 6.92 Å². The third kappa shape index (κ3) is 8.72. The van der Waals surface area contributed by atoms with Crippen molar-refractivity contribution in [1.29, 1.82) is 0 Å². The van der Waals surface area contributed by atoms with E-state index in [1.165, 1.54) is 24.8 Å². The standard InChI is InChI=1S/C15H28O/c1-6-15(5,16)12-8-11-14(4)10-7-9-13(2)3/h6,9,14,16H,1,7-8,10-12H2,2-5H3. The quantitative estimate of drug-likeness (QED) is 0.603. The van der Waals surface area contributed by atoms with Gasteiger partial charge in [0.05, 0.1) is 5.60 Å². The van der Waals surface area contributed by atoms with Gasteiger partial charge in [0.1, 0.15) is 0 Å². The Morgan fingerprint density at radius 1 is 1.38 bits per heavy atom. The van der Waals surface area contributed by atoms with Gasteiger partial charge in [-0.25, -0.2) is 0 Å². The molecular formula is C15H28O. The lowest BCUT2D eigenvalue weighted by Gasteiger charge is -2.19. The number of rotatable bonds is 8. The fraction of sp³-hybridized carbons (Fsp3) is 0.733. The van der Waals surface area contributed by atoms with Gasteiger partial charge in [0.2, 0.25) is 0 Å². The molecule has 0 amide bonds. The molecule has 0 saturated carbocycles. The molecule has 1 N–H and O–H groups in total. The van der Waals surface area contributed by atoms with Gasteiger partial charge >= 0.3 is 0 Å². The van der Waals surface area contributed by atoms with Gasteiger partial charge in [0.25, 0.3) is 0 Å². The number of aliphatic hydroxyl groups is 1. The fourth-order valence-electron chi connectivity index (χ4n) is 1.71. The van der Waals surface area contributed by atoms with Crippen molar-refractivity contribution in [2.24, 2.45) is 5.92 Å². The zero-order valence-electron chi connectivity index (χ0n) is 11.4. The summed E-state index contributed by atoms with van der Waals surface area (Å²) in [6.07, 6.45) is 9.47. The molecule has 2 atom stereocenters. The topological polar surface area (TPSA) is 20.2 Å². The first-order chi connectivity index (χ1) is 7.37. The van der Waals surface area contributed by atoms with Crippen molar-refractivity contribution < 1.29 is 5.11 Å². The highest BCUT2D eigenvalue weighted by Crippen LogP contribution is 2.20. The maximum absolute atomic E-state index is 9.76. The van der Waals surface area contributed by atoms with Crippen LogP contribution in [0.3, 0.4) is 0 Å². The van der Waals surface area contributed by atoms with Crippen LogP contribution in [0.2, 0.25) is 0 Å². The number of hydrogen-bond donors (Lipinski definition) is 1. The summed E-state index contributed by atoms with van der Waals surface area (Å²) in [6.45, 7) is 12.1. The second kappa shape index (κ2) is 7.67. The van der Waals surface area contributed by atoms with Gasteiger partial charge in [-0.15, -0.1) is 6.58 Å². The zero-order valence-corrected chi connectivity index (χ0v) is 11.4. The number of hydrogen-bond acceptors (Lipinski definition) is 1. The zero-order chi connectivity index (χ0) is 12.6. The number of allylic oxidation sites excluding steroid dienone is 2. The van der Waals surface area contributed by atoms with E-state index in [2.05, 4.69) is 33.4 Å². The van der Waals surface area contributed by atoms with Gasteiger partial charge in [0.15, 0.2) is 0 Å². The Balaban J connectivity index is 3.62. The van der Waals surface area contributed by atoms with E-state index in [-0.39, 0.29) is 0 Å². The van der Waals surface area contributed by atoms with Gasteiger partial charge < -0.3 is 5.11 Å². The average Bonchev–Trinajstić information content (AvgIpc) is 2.17. The van der Waals surface area contributed by atoms with Crippen molar-refractivity contribution >= 4 is 0 Å². The molecule has 2 unspecified atom stereocenters. The van der Waals surface area contributed by atoms with Crippen LogP contribution in [0.1, 0.15) is 59.8 Å². The summed E-state index contributed by atoms with van der Waals surface area (Å²) in [4.78, 5) is 0. The first kappa shape index (κ1) is 15.4. The maximum Gasteiger partial charge on any atom is 0.0797 e. The van der Waals surface area contributed by atoms with Crippen LogP contribution in [0.5, 0.6) is 0 Å². The Morgan fingerprint density at radius 3 is 2.50 bits per heavy atom. The van der Waals surface area contributed by atoms with Crippen molar-refractivity contribution in [2.45, 2.75) is 65.4 Å². The lowest BCUT2D eigenvalue weighted by molar-refractivity contribution is 0.0975. The van der Waals surface area contributed by atoms with E-state index < -0.39 is 5.60 Å². The molecular weight excluding hydrogens is 196 g/mol. The largest absolute Gasteiger partial charge is 0.386 e. The lowest BCUT2D eigenvalue weighted by atomic mass is 9.93. The van der Waals surface area contributed by atoms with Crippen LogP contribution in [0, 0.1) is 5.92 Å². The predicted octanol–water partition coefficient (Wildman–Crippen LogP) is 4.48. The Bertz CT molecular complexity index is 222. The fourth-order valence-corrected chi connectivity index (χ4v) is 1.71. The summed E-state index contributed by atoms with van der Waals surface area (Å²) < 4.78 is 0. The van der Waals surface area contributed by atoms with Gasteiger partial charge in [-0.1, -0.05) is 37.5 Å².